The molecular formula is C13H15IN2O4. The Labute approximate surface area is 130 Å². The molecule has 0 atom stereocenters. The summed E-state index contributed by atoms with van der Waals surface area (Å²) in [6.45, 7) is 2.85. The zero-order chi connectivity index (χ0) is 15.3. The van der Waals surface area contributed by atoms with Gasteiger partial charge in [0.2, 0.25) is 5.91 Å². The quantitative estimate of drug-likeness (QED) is 0.689. The molecule has 0 aliphatic heterocycles. The first-order valence-corrected chi connectivity index (χ1v) is 6.89. The number of carbonyl (C=O) groups excluding carboxylic acids is 2. The minimum Gasteiger partial charge on any atom is -0.481 e. The maximum atomic E-state index is 11.6. The molecular weight excluding hydrogens is 375 g/mol. The molecule has 0 bridgehead atoms. The van der Waals surface area contributed by atoms with Gasteiger partial charge in [0.1, 0.15) is 0 Å². The molecule has 0 aliphatic carbocycles. The minimum absolute atomic E-state index is 0.276. The monoisotopic (exact) mass is 390 g/mol. The Bertz CT molecular complexity index is 543. The summed E-state index contributed by atoms with van der Waals surface area (Å²) < 4.78 is 0.832. The number of carbonyl (C=O) groups is 3. The van der Waals surface area contributed by atoms with Crippen molar-refractivity contribution in [3.05, 3.63) is 27.8 Å². The molecule has 108 valence electrons. The van der Waals surface area contributed by atoms with E-state index in [0.29, 0.717) is 5.69 Å². The van der Waals surface area contributed by atoms with Crippen LogP contribution in [0.2, 0.25) is 0 Å². The highest BCUT2D eigenvalue weighted by Crippen LogP contribution is 2.20. The Hall–Kier alpha value is -1.64. The van der Waals surface area contributed by atoms with E-state index in [0.717, 1.165) is 3.57 Å². The Morgan fingerprint density at radius 2 is 1.85 bits per heavy atom. The molecule has 0 saturated heterocycles. The van der Waals surface area contributed by atoms with Crippen molar-refractivity contribution in [3.8, 4) is 0 Å². The van der Waals surface area contributed by atoms with Crippen LogP contribution in [-0.2, 0) is 9.59 Å². The molecule has 7 heteroatoms. The summed E-state index contributed by atoms with van der Waals surface area (Å²) in [7, 11) is 0. The molecule has 0 heterocycles. The fourth-order valence-corrected chi connectivity index (χ4v) is 1.89. The third kappa shape index (κ3) is 4.80. The van der Waals surface area contributed by atoms with Gasteiger partial charge in [0, 0.05) is 9.99 Å². The van der Waals surface area contributed by atoms with Crippen LogP contribution in [0.1, 0.15) is 20.3 Å². The zero-order valence-corrected chi connectivity index (χ0v) is 13.2. The molecule has 6 nitrogen and oxygen atoms in total. The molecule has 0 aromatic heterocycles. The van der Waals surface area contributed by atoms with Gasteiger partial charge in [-0.25, -0.2) is 4.79 Å². The Morgan fingerprint density at radius 1 is 1.25 bits per heavy atom. The summed E-state index contributed by atoms with van der Waals surface area (Å²) in [6, 6.07) is 6.41. The van der Waals surface area contributed by atoms with Crippen LogP contribution in [0, 0.1) is 8.99 Å². The van der Waals surface area contributed by atoms with E-state index in [2.05, 4.69) is 33.2 Å². The van der Waals surface area contributed by atoms with Crippen LogP contribution >= 0.6 is 22.6 Å². The topological polar surface area (TPSA) is 95.5 Å². The van der Waals surface area contributed by atoms with Crippen molar-refractivity contribution in [2.24, 2.45) is 5.41 Å². The lowest BCUT2D eigenvalue weighted by Gasteiger charge is -2.18. The van der Waals surface area contributed by atoms with Crippen molar-refractivity contribution in [1.29, 1.82) is 0 Å². The predicted molar refractivity (Wildman–Crippen MR) is 82.4 cm³/mol. The summed E-state index contributed by atoms with van der Waals surface area (Å²) in [6.07, 6.45) is -0.276. The first-order valence-electron chi connectivity index (χ1n) is 5.81. The van der Waals surface area contributed by atoms with Gasteiger partial charge >= 0.3 is 12.0 Å². The number of urea groups is 1. The highest BCUT2D eigenvalue weighted by Gasteiger charge is 2.30. The lowest BCUT2D eigenvalue weighted by atomic mass is 9.89. The highest BCUT2D eigenvalue weighted by atomic mass is 127. The second kappa shape index (κ2) is 6.69. The summed E-state index contributed by atoms with van der Waals surface area (Å²) in [5.74, 6) is -1.73. The molecule has 0 spiro atoms. The predicted octanol–water partition coefficient (Wildman–Crippen LogP) is 2.44. The number of para-hydroxylation sites is 1. The first-order chi connectivity index (χ1) is 9.22. The number of hydrogen-bond donors (Lipinski definition) is 3. The number of aliphatic carboxylic acids is 1. The molecule has 1 aromatic rings. The normalized spacial score (nSPS) is 10.8. The molecule has 0 unspecified atom stereocenters. The molecule has 0 fully saturated rings. The molecule has 1 aromatic carbocycles. The number of anilines is 1. The number of nitrogens with one attached hydrogen (secondary N) is 2. The summed E-state index contributed by atoms with van der Waals surface area (Å²) in [5.41, 5.74) is -0.637. The fourth-order valence-electron chi connectivity index (χ4n) is 1.36. The zero-order valence-electron chi connectivity index (χ0n) is 11.1. The average Bonchev–Trinajstić information content (AvgIpc) is 2.30. The fraction of sp³-hybridized carbons (Fsp3) is 0.308. The first kappa shape index (κ1) is 16.4. The molecule has 0 saturated carbocycles. The number of rotatable bonds is 4. The number of halogens is 1. The molecule has 1 rings (SSSR count). The Kier molecular flexibility index (Phi) is 5.49. The van der Waals surface area contributed by atoms with Crippen molar-refractivity contribution in [2.75, 3.05) is 5.32 Å². The van der Waals surface area contributed by atoms with Gasteiger partial charge < -0.3 is 10.4 Å². The van der Waals surface area contributed by atoms with Crippen LogP contribution < -0.4 is 10.6 Å². The number of carboxylic acids is 1. The third-order valence-corrected chi connectivity index (χ3v) is 3.50. The standard InChI is InChI=1S/C13H15IN2O4/c1-13(2,11(18)19)7-10(17)16-12(20)15-9-6-4-3-5-8(9)14/h3-6H,7H2,1-2H3,(H,18,19)(H2,15,16,17,20). The Balaban J connectivity index is 2.57. The van der Waals surface area contributed by atoms with Crippen LogP contribution in [0.4, 0.5) is 10.5 Å². The van der Waals surface area contributed by atoms with Crippen LogP contribution in [0.15, 0.2) is 24.3 Å². The van der Waals surface area contributed by atoms with Gasteiger partial charge in [-0.15, -0.1) is 0 Å². The smallest absolute Gasteiger partial charge is 0.325 e. The van der Waals surface area contributed by atoms with Crippen molar-refractivity contribution in [3.63, 3.8) is 0 Å². The maximum absolute atomic E-state index is 11.6. The van der Waals surface area contributed by atoms with E-state index in [1.807, 2.05) is 12.1 Å². The lowest BCUT2D eigenvalue weighted by Crippen LogP contribution is -2.38. The molecule has 20 heavy (non-hydrogen) atoms. The second-order valence-electron chi connectivity index (χ2n) is 4.85. The number of carboxylic acid groups (broad SMARTS) is 1. The number of benzene rings is 1. The molecule has 3 amide bonds. The summed E-state index contributed by atoms with van der Waals surface area (Å²) >= 11 is 2.05. The second-order valence-corrected chi connectivity index (χ2v) is 6.01. The van der Waals surface area contributed by atoms with Crippen molar-refractivity contribution in [2.45, 2.75) is 20.3 Å². The number of imide groups is 1. The van der Waals surface area contributed by atoms with Crippen molar-refractivity contribution in [1.82, 2.24) is 5.32 Å². The van der Waals surface area contributed by atoms with E-state index in [1.165, 1.54) is 13.8 Å². The molecule has 0 radical (unpaired) electrons. The summed E-state index contributed by atoms with van der Waals surface area (Å²) in [4.78, 5) is 34.1. The van der Waals surface area contributed by atoms with Crippen LogP contribution in [0.25, 0.3) is 0 Å². The van der Waals surface area contributed by atoms with Crippen molar-refractivity contribution < 1.29 is 19.5 Å². The molecule has 0 aliphatic rings. The van der Waals surface area contributed by atoms with E-state index in [-0.39, 0.29) is 6.42 Å². The van der Waals surface area contributed by atoms with Gasteiger partial charge in [-0.2, -0.15) is 0 Å². The maximum Gasteiger partial charge on any atom is 0.325 e. The van der Waals surface area contributed by atoms with E-state index in [9.17, 15) is 14.4 Å². The van der Waals surface area contributed by atoms with Gasteiger partial charge in [0.15, 0.2) is 0 Å². The average molecular weight is 390 g/mol. The van der Waals surface area contributed by atoms with Gasteiger partial charge in [-0.3, -0.25) is 14.9 Å². The number of amides is 3. The summed E-state index contributed by atoms with van der Waals surface area (Å²) in [5, 5.41) is 13.6. The lowest BCUT2D eigenvalue weighted by molar-refractivity contribution is -0.149. The van der Waals surface area contributed by atoms with Gasteiger partial charge in [-0.05, 0) is 48.6 Å². The van der Waals surface area contributed by atoms with Gasteiger partial charge in [0.25, 0.3) is 0 Å². The third-order valence-electron chi connectivity index (χ3n) is 2.56. The minimum atomic E-state index is -1.22. The SMILES string of the molecule is CC(C)(CC(=O)NC(=O)Nc1ccccc1I)C(=O)O. The van der Waals surface area contributed by atoms with E-state index >= 15 is 0 Å². The van der Waals surface area contributed by atoms with Gasteiger partial charge in [-0.1, -0.05) is 12.1 Å². The Morgan fingerprint density at radius 3 is 2.40 bits per heavy atom. The molecule has 3 N–H and O–H groups in total. The highest BCUT2D eigenvalue weighted by molar-refractivity contribution is 14.1. The van der Waals surface area contributed by atoms with Crippen molar-refractivity contribution >= 4 is 46.2 Å². The van der Waals surface area contributed by atoms with E-state index < -0.39 is 23.3 Å². The van der Waals surface area contributed by atoms with Crippen LogP contribution in [-0.4, -0.2) is 23.0 Å². The number of hydrogen-bond acceptors (Lipinski definition) is 3. The van der Waals surface area contributed by atoms with E-state index in [1.54, 1.807) is 12.1 Å². The van der Waals surface area contributed by atoms with Crippen LogP contribution in [0.3, 0.4) is 0 Å². The van der Waals surface area contributed by atoms with Gasteiger partial charge in [0.05, 0.1) is 11.1 Å². The van der Waals surface area contributed by atoms with E-state index in [4.69, 9.17) is 5.11 Å². The largest absolute Gasteiger partial charge is 0.481 e. The van der Waals surface area contributed by atoms with Crippen LogP contribution in [0.5, 0.6) is 0 Å².